The van der Waals surface area contributed by atoms with E-state index < -0.39 is 10.0 Å². The monoisotopic (exact) mass is 599 g/mol. The fourth-order valence-electron chi connectivity index (χ4n) is 5.10. The summed E-state index contributed by atoms with van der Waals surface area (Å²) in [6.07, 6.45) is 2.62. The van der Waals surface area contributed by atoms with Crippen molar-refractivity contribution >= 4 is 32.8 Å². The lowest BCUT2D eigenvalue weighted by Gasteiger charge is -2.13. The predicted octanol–water partition coefficient (Wildman–Crippen LogP) is 6.56. The van der Waals surface area contributed by atoms with Gasteiger partial charge in [0.25, 0.3) is 15.9 Å². The highest BCUT2D eigenvalue weighted by Crippen LogP contribution is 2.31. The SMILES string of the molecule is CCCNC(=O)c1cc(C)c2nc(CCC)n(Cc3ccc(-c4ccccc4S(=O)(=O)Nc4onc(C)c4C)cc3)c2c1. The van der Waals surface area contributed by atoms with Crippen LogP contribution in [0.15, 0.2) is 70.1 Å². The molecule has 0 aliphatic rings. The molecular formula is C33H37N5O4S. The van der Waals surface area contributed by atoms with Crippen LogP contribution in [-0.2, 0) is 23.0 Å². The van der Waals surface area contributed by atoms with E-state index >= 15 is 0 Å². The van der Waals surface area contributed by atoms with Gasteiger partial charge in [0.1, 0.15) is 5.82 Å². The molecule has 0 saturated heterocycles. The molecule has 0 fully saturated rings. The number of hydrogen-bond donors (Lipinski definition) is 2. The van der Waals surface area contributed by atoms with Crippen molar-refractivity contribution in [3.05, 3.63) is 94.4 Å². The van der Waals surface area contributed by atoms with Crippen molar-refractivity contribution in [3.8, 4) is 11.1 Å². The Labute approximate surface area is 252 Å². The van der Waals surface area contributed by atoms with E-state index in [1.807, 2.05) is 56.3 Å². The van der Waals surface area contributed by atoms with Gasteiger partial charge in [0.05, 0.1) is 21.6 Å². The van der Waals surface area contributed by atoms with Gasteiger partial charge >= 0.3 is 0 Å². The summed E-state index contributed by atoms with van der Waals surface area (Å²) in [4.78, 5) is 17.9. The maximum Gasteiger partial charge on any atom is 0.264 e. The van der Waals surface area contributed by atoms with E-state index in [-0.39, 0.29) is 16.7 Å². The molecule has 0 unspecified atom stereocenters. The van der Waals surface area contributed by atoms with Crippen LogP contribution in [-0.4, -0.2) is 35.6 Å². The van der Waals surface area contributed by atoms with Crippen LogP contribution in [0.4, 0.5) is 5.88 Å². The highest BCUT2D eigenvalue weighted by molar-refractivity contribution is 7.92. The van der Waals surface area contributed by atoms with E-state index in [0.717, 1.165) is 52.8 Å². The minimum atomic E-state index is -3.94. The molecule has 5 aromatic rings. The van der Waals surface area contributed by atoms with Crippen LogP contribution in [0.5, 0.6) is 0 Å². The van der Waals surface area contributed by atoms with Gasteiger partial charge in [0, 0.05) is 36.2 Å². The molecule has 0 aliphatic carbocycles. The number of sulfonamides is 1. The summed E-state index contributed by atoms with van der Waals surface area (Å²) >= 11 is 0. The Kier molecular flexibility index (Phi) is 8.68. The second-order valence-corrected chi connectivity index (χ2v) is 12.5. The van der Waals surface area contributed by atoms with E-state index in [1.54, 1.807) is 32.0 Å². The fourth-order valence-corrected chi connectivity index (χ4v) is 6.38. The van der Waals surface area contributed by atoms with E-state index in [4.69, 9.17) is 9.51 Å². The van der Waals surface area contributed by atoms with E-state index in [2.05, 4.69) is 26.7 Å². The first-order valence-electron chi connectivity index (χ1n) is 14.5. The van der Waals surface area contributed by atoms with Crippen LogP contribution in [0.25, 0.3) is 22.2 Å². The summed E-state index contributed by atoms with van der Waals surface area (Å²) < 4.78 is 36.7. The third-order valence-corrected chi connectivity index (χ3v) is 8.95. The number of aryl methyl sites for hydroxylation is 3. The maximum absolute atomic E-state index is 13.4. The van der Waals surface area contributed by atoms with Gasteiger partial charge in [-0.1, -0.05) is 61.5 Å². The Morgan fingerprint density at radius 3 is 2.40 bits per heavy atom. The maximum atomic E-state index is 13.4. The van der Waals surface area contributed by atoms with Crippen LogP contribution in [0.1, 0.15) is 65.3 Å². The van der Waals surface area contributed by atoms with Crippen LogP contribution >= 0.6 is 0 Å². The Bertz CT molecular complexity index is 1890. The molecule has 2 aromatic heterocycles. The van der Waals surface area contributed by atoms with Gasteiger partial charge in [0.15, 0.2) is 0 Å². The third kappa shape index (κ3) is 6.19. The molecule has 1 amide bonds. The van der Waals surface area contributed by atoms with E-state index in [1.165, 1.54) is 0 Å². The Morgan fingerprint density at radius 2 is 1.72 bits per heavy atom. The number of amides is 1. The smallest absolute Gasteiger partial charge is 0.264 e. The first-order valence-corrected chi connectivity index (χ1v) is 16.0. The highest BCUT2D eigenvalue weighted by atomic mass is 32.2. The number of aromatic nitrogens is 3. The standard InChI is InChI=1S/C33H37N5O4S/c1-6-10-30-35-31-21(3)18-26(32(39)34-17-7-2)19-28(31)38(30)20-24-13-15-25(16-14-24)27-11-8-9-12-29(27)43(40,41)37-33-22(4)23(5)36-42-33/h8-9,11-16,18-19,37H,6-7,10,17,20H2,1-5H3,(H,34,39). The number of fused-ring (bicyclic) bond motifs is 1. The third-order valence-electron chi connectivity index (χ3n) is 7.56. The van der Waals surface area contributed by atoms with Crippen molar-refractivity contribution < 1.29 is 17.7 Å². The van der Waals surface area contributed by atoms with Gasteiger partial charge in [0.2, 0.25) is 5.88 Å². The molecule has 9 nitrogen and oxygen atoms in total. The van der Waals surface area contributed by atoms with Gasteiger partial charge in [-0.25, -0.2) is 18.1 Å². The van der Waals surface area contributed by atoms with Crippen molar-refractivity contribution in [1.29, 1.82) is 0 Å². The normalized spacial score (nSPS) is 11.7. The average Bonchev–Trinajstić information content (AvgIpc) is 3.50. The second kappa shape index (κ2) is 12.4. The zero-order valence-corrected chi connectivity index (χ0v) is 26.0. The highest BCUT2D eigenvalue weighted by Gasteiger charge is 2.23. The molecule has 0 bridgehead atoms. The molecule has 0 spiro atoms. The number of hydrogen-bond acceptors (Lipinski definition) is 6. The predicted molar refractivity (Wildman–Crippen MR) is 169 cm³/mol. The minimum Gasteiger partial charge on any atom is -0.352 e. The summed E-state index contributed by atoms with van der Waals surface area (Å²) in [6.45, 7) is 10.9. The van der Waals surface area contributed by atoms with Crippen LogP contribution in [0, 0.1) is 20.8 Å². The van der Waals surface area contributed by atoms with Gasteiger partial charge in [-0.05, 0) is 68.5 Å². The zero-order chi connectivity index (χ0) is 30.7. The van der Waals surface area contributed by atoms with Crippen LogP contribution in [0.2, 0.25) is 0 Å². The van der Waals surface area contributed by atoms with E-state index in [9.17, 15) is 13.2 Å². The van der Waals surface area contributed by atoms with Gasteiger partial charge < -0.3 is 14.4 Å². The van der Waals surface area contributed by atoms with Crippen LogP contribution < -0.4 is 10.0 Å². The van der Waals surface area contributed by atoms with Crippen molar-refractivity contribution in [1.82, 2.24) is 20.0 Å². The molecule has 2 N–H and O–H groups in total. The second-order valence-electron chi connectivity index (χ2n) is 10.8. The van der Waals surface area contributed by atoms with E-state index in [0.29, 0.717) is 35.5 Å². The Hall–Kier alpha value is -4.44. The van der Waals surface area contributed by atoms with Crippen molar-refractivity contribution in [3.63, 3.8) is 0 Å². The zero-order valence-electron chi connectivity index (χ0n) is 25.2. The quantitative estimate of drug-likeness (QED) is 0.178. The first-order chi connectivity index (χ1) is 20.6. The lowest BCUT2D eigenvalue weighted by Crippen LogP contribution is -2.24. The van der Waals surface area contributed by atoms with Gasteiger partial charge in [-0.2, -0.15) is 0 Å². The number of carbonyl (C=O) groups excluding carboxylic acids is 1. The van der Waals surface area contributed by atoms with Gasteiger partial charge in [-0.15, -0.1) is 0 Å². The topological polar surface area (TPSA) is 119 Å². The molecule has 0 saturated carbocycles. The molecule has 10 heteroatoms. The van der Waals surface area contributed by atoms with Crippen molar-refractivity contribution in [2.24, 2.45) is 0 Å². The molecule has 2 heterocycles. The molecule has 224 valence electrons. The average molecular weight is 600 g/mol. The number of rotatable bonds is 11. The first kappa shape index (κ1) is 30.0. The summed E-state index contributed by atoms with van der Waals surface area (Å²) in [6, 6.07) is 18.6. The molecule has 3 aromatic carbocycles. The molecular weight excluding hydrogens is 562 g/mol. The van der Waals surface area contributed by atoms with Gasteiger partial charge in [-0.3, -0.25) is 4.79 Å². The van der Waals surface area contributed by atoms with Crippen LogP contribution in [0.3, 0.4) is 0 Å². The number of carbonyl (C=O) groups is 1. The lowest BCUT2D eigenvalue weighted by atomic mass is 10.0. The lowest BCUT2D eigenvalue weighted by molar-refractivity contribution is 0.0953. The molecule has 0 atom stereocenters. The molecule has 5 rings (SSSR count). The number of benzene rings is 3. The summed E-state index contributed by atoms with van der Waals surface area (Å²) in [5.41, 5.74) is 7.06. The fraction of sp³-hybridized carbons (Fsp3) is 0.303. The molecule has 0 aliphatic heterocycles. The number of anilines is 1. The largest absolute Gasteiger partial charge is 0.352 e. The number of imidazole rings is 1. The summed E-state index contributed by atoms with van der Waals surface area (Å²) in [7, 11) is -3.94. The Morgan fingerprint density at radius 1 is 0.977 bits per heavy atom. The summed E-state index contributed by atoms with van der Waals surface area (Å²) in [5, 5.41) is 6.82. The molecule has 0 radical (unpaired) electrons. The number of nitrogens with zero attached hydrogens (tertiary/aromatic N) is 3. The minimum absolute atomic E-state index is 0.0855. The number of nitrogens with one attached hydrogen (secondary N) is 2. The summed E-state index contributed by atoms with van der Waals surface area (Å²) in [5.74, 6) is 0.994. The Balaban J connectivity index is 1.47. The van der Waals surface area contributed by atoms with Crippen molar-refractivity contribution in [2.75, 3.05) is 11.3 Å². The molecule has 43 heavy (non-hydrogen) atoms. The van der Waals surface area contributed by atoms with Crippen molar-refractivity contribution in [2.45, 2.75) is 65.3 Å².